The average Bonchev–Trinajstić information content (AvgIpc) is 3.07. The van der Waals surface area contributed by atoms with Crippen LogP contribution in [0.3, 0.4) is 0 Å². The summed E-state index contributed by atoms with van der Waals surface area (Å²) in [4.78, 5) is 0. The minimum Gasteiger partial charge on any atom is -0.375 e. The van der Waals surface area contributed by atoms with E-state index in [9.17, 15) is 5.26 Å². The highest BCUT2D eigenvalue weighted by Crippen LogP contribution is 2.39. The molecule has 0 heterocycles. The number of nitriles is 1. The number of hydrogen-bond donors (Lipinski definition) is 1. The molecule has 1 fully saturated rings. The molecule has 1 saturated carbocycles. The topological polar surface area (TPSA) is 45.0 Å². The summed E-state index contributed by atoms with van der Waals surface area (Å²) >= 11 is 0. The second kappa shape index (κ2) is 6.37. The zero-order valence-electron chi connectivity index (χ0n) is 11.6. The summed E-state index contributed by atoms with van der Waals surface area (Å²) in [6, 6.07) is 2.45. The Labute approximate surface area is 106 Å². The Bertz CT molecular complexity index is 268. The first-order valence-electron chi connectivity index (χ1n) is 6.82. The second-order valence-corrected chi connectivity index (χ2v) is 5.64. The fourth-order valence-corrected chi connectivity index (χ4v) is 2.37. The van der Waals surface area contributed by atoms with Crippen LogP contribution in [0.2, 0.25) is 0 Å². The molecule has 3 heteroatoms. The van der Waals surface area contributed by atoms with E-state index in [-0.39, 0.29) is 6.10 Å². The van der Waals surface area contributed by atoms with Crippen molar-refractivity contribution < 1.29 is 4.74 Å². The SMILES string of the molecule is CCNC(C#N)(COC(C)CC(C)C)C1CC1. The van der Waals surface area contributed by atoms with Crippen LogP contribution < -0.4 is 5.32 Å². The van der Waals surface area contributed by atoms with E-state index in [1.807, 2.05) is 6.92 Å². The molecule has 0 aromatic heterocycles. The van der Waals surface area contributed by atoms with Crippen LogP contribution in [0, 0.1) is 23.2 Å². The van der Waals surface area contributed by atoms with Crippen LogP contribution in [0.5, 0.6) is 0 Å². The molecule has 98 valence electrons. The minimum atomic E-state index is -0.444. The van der Waals surface area contributed by atoms with Gasteiger partial charge < -0.3 is 4.74 Å². The lowest BCUT2D eigenvalue weighted by molar-refractivity contribution is 0.0177. The predicted octanol–water partition coefficient (Wildman–Crippen LogP) is 2.72. The highest BCUT2D eigenvalue weighted by molar-refractivity contribution is 5.15. The van der Waals surface area contributed by atoms with Crippen molar-refractivity contribution in [3.63, 3.8) is 0 Å². The van der Waals surface area contributed by atoms with Gasteiger partial charge in [-0.1, -0.05) is 20.8 Å². The average molecular weight is 238 g/mol. The van der Waals surface area contributed by atoms with Crippen LogP contribution in [0.15, 0.2) is 0 Å². The maximum atomic E-state index is 9.42. The van der Waals surface area contributed by atoms with Gasteiger partial charge in [0.2, 0.25) is 0 Å². The van der Waals surface area contributed by atoms with Crippen LogP contribution in [0.4, 0.5) is 0 Å². The molecule has 17 heavy (non-hydrogen) atoms. The third kappa shape index (κ3) is 4.29. The Balaban J connectivity index is 2.47. The Hall–Kier alpha value is -0.590. The summed E-state index contributed by atoms with van der Waals surface area (Å²) in [5, 5.41) is 12.8. The molecule has 0 amide bonds. The molecule has 0 spiro atoms. The van der Waals surface area contributed by atoms with E-state index in [0.717, 1.165) is 25.8 Å². The molecule has 0 aromatic rings. The van der Waals surface area contributed by atoms with E-state index in [4.69, 9.17) is 4.74 Å². The van der Waals surface area contributed by atoms with Crippen molar-refractivity contribution >= 4 is 0 Å². The molecular formula is C14H26N2O. The number of nitrogens with zero attached hydrogens (tertiary/aromatic N) is 1. The summed E-state index contributed by atoms with van der Waals surface area (Å²) in [5.41, 5.74) is -0.444. The highest BCUT2D eigenvalue weighted by Gasteiger charge is 2.45. The Kier molecular flexibility index (Phi) is 5.42. The maximum Gasteiger partial charge on any atom is 0.133 e. The highest BCUT2D eigenvalue weighted by atomic mass is 16.5. The minimum absolute atomic E-state index is 0.236. The van der Waals surface area contributed by atoms with Gasteiger partial charge >= 0.3 is 0 Å². The maximum absolute atomic E-state index is 9.42. The standard InChI is InChI=1S/C14H26N2O/c1-5-16-14(9-15,13-6-7-13)10-17-12(4)8-11(2)3/h11-13,16H,5-8,10H2,1-4H3. The molecule has 0 saturated heterocycles. The lowest BCUT2D eigenvalue weighted by Crippen LogP contribution is -2.50. The van der Waals surface area contributed by atoms with Crippen LogP contribution in [-0.4, -0.2) is 24.8 Å². The largest absolute Gasteiger partial charge is 0.375 e. The Morgan fingerprint density at radius 3 is 2.47 bits per heavy atom. The Morgan fingerprint density at radius 2 is 2.06 bits per heavy atom. The van der Waals surface area contributed by atoms with Crippen molar-refractivity contribution in [2.24, 2.45) is 11.8 Å². The predicted molar refractivity (Wildman–Crippen MR) is 69.6 cm³/mol. The Morgan fingerprint density at radius 1 is 1.41 bits per heavy atom. The van der Waals surface area contributed by atoms with Gasteiger partial charge in [0.1, 0.15) is 5.54 Å². The van der Waals surface area contributed by atoms with E-state index < -0.39 is 5.54 Å². The van der Waals surface area contributed by atoms with Crippen LogP contribution in [0.25, 0.3) is 0 Å². The molecular weight excluding hydrogens is 212 g/mol. The number of hydrogen-bond acceptors (Lipinski definition) is 3. The fraction of sp³-hybridized carbons (Fsp3) is 0.929. The van der Waals surface area contributed by atoms with Gasteiger partial charge in [0.05, 0.1) is 18.8 Å². The van der Waals surface area contributed by atoms with Gasteiger partial charge in [-0.2, -0.15) is 5.26 Å². The lowest BCUT2D eigenvalue weighted by atomic mass is 9.96. The van der Waals surface area contributed by atoms with Gasteiger partial charge in [0.25, 0.3) is 0 Å². The summed E-state index contributed by atoms with van der Waals surface area (Å²) in [6.45, 7) is 9.89. The van der Waals surface area contributed by atoms with Crippen molar-refractivity contribution in [2.45, 2.75) is 58.6 Å². The van der Waals surface area contributed by atoms with Crippen LogP contribution in [-0.2, 0) is 4.74 Å². The molecule has 3 nitrogen and oxygen atoms in total. The van der Waals surface area contributed by atoms with E-state index in [2.05, 4.69) is 32.2 Å². The summed E-state index contributed by atoms with van der Waals surface area (Å²) < 4.78 is 5.88. The molecule has 1 aliphatic rings. The number of ether oxygens (including phenoxy) is 1. The van der Waals surface area contributed by atoms with Crippen LogP contribution in [0.1, 0.15) is 47.0 Å². The first-order valence-corrected chi connectivity index (χ1v) is 6.82. The molecule has 1 N–H and O–H groups in total. The molecule has 2 unspecified atom stereocenters. The zero-order valence-corrected chi connectivity index (χ0v) is 11.6. The molecule has 2 atom stereocenters. The van der Waals surface area contributed by atoms with E-state index >= 15 is 0 Å². The smallest absolute Gasteiger partial charge is 0.133 e. The van der Waals surface area contributed by atoms with Crippen molar-refractivity contribution in [1.29, 1.82) is 5.26 Å². The van der Waals surface area contributed by atoms with Gasteiger partial charge in [-0.25, -0.2) is 0 Å². The van der Waals surface area contributed by atoms with Crippen molar-refractivity contribution in [1.82, 2.24) is 5.32 Å². The van der Waals surface area contributed by atoms with Crippen LogP contribution >= 0.6 is 0 Å². The zero-order chi connectivity index (χ0) is 12.9. The van der Waals surface area contributed by atoms with Gasteiger partial charge in [-0.05, 0) is 44.6 Å². The fourth-order valence-electron chi connectivity index (χ4n) is 2.37. The van der Waals surface area contributed by atoms with Gasteiger partial charge in [0, 0.05) is 0 Å². The third-order valence-corrected chi connectivity index (χ3v) is 3.36. The van der Waals surface area contributed by atoms with Gasteiger partial charge in [0.15, 0.2) is 0 Å². The molecule has 1 rings (SSSR count). The molecule has 0 radical (unpaired) electrons. The van der Waals surface area contributed by atoms with Crippen molar-refractivity contribution in [3.05, 3.63) is 0 Å². The van der Waals surface area contributed by atoms with Gasteiger partial charge in [-0.15, -0.1) is 0 Å². The van der Waals surface area contributed by atoms with Crippen molar-refractivity contribution in [2.75, 3.05) is 13.2 Å². The van der Waals surface area contributed by atoms with E-state index in [1.165, 1.54) is 0 Å². The van der Waals surface area contributed by atoms with E-state index in [1.54, 1.807) is 0 Å². The monoisotopic (exact) mass is 238 g/mol. The van der Waals surface area contributed by atoms with Crippen molar-refractivity contribution in [3.8, 4) is 6.07 Å². The van der Waals surface area contributed by atoms with Gasteiger partial charge in [-0.3, -0.25) is 5.32 Å². The normalized spacial score (nSPS) is 20.9. The second-order valence-electron chi connectivity index (χ2n) is 5.64. The summed E-state index contributed by atoms with van der Waals surface area (Å²) in [7, 11) is 0. The molecule has 0 bridgehead atoms. The number of nitrogens with one attached hydrogen (secondary N) is 1. The first kappa shape index (κ1) is 14.5. The molecule has 0 aromatic carbocycles. The van der Waals surface area contributed by atoms with E-state index in [0.29, 0.717) is 18.4 Å². The number of rotatable bonds is 8. The molecule has 1 aliphatic carbocycles. The summed E-state index contributed by atoms with van der Waals surface area (Å²) in [6.07, 6.45) is 3.60. The number of likely N-dealkylation sites (N-methyl/N-ethyl adjacent to an activating group) is 1. The summed E-state index contributed by atoms with van der Waals surface area (Å²) in [5.74, 6) is 1.13. The lowest BCUT2D eigenvalue weighted by Gasteiger charge is -2.29. The molecule has 0 aliphatic heterocycles. The quantitative estimate of drug-likeness (QED) is 0.707. The third-order valence-electron chi connectivity index (χ3n) is 3.36. The first-order chi connectivity index (χ1) is 8.04.